The van der Waals surface area contributed by atoms with Crippen molar-refractivity contribution in [2.45, 2.75) is 6.42 Å². The molecule has 1 aromatic heterocycles. The van der Waals surface area contributed by atoms with Crippen LogP contribution in [0.1, 0.15) is 11.1 Å². The van der Waals surface area contributed by atoms with E-state index in [0.29, 0.717) is 0 Å². The van der Waals surface area contributed by atoms with Gasteiger partial charge in [0.15, 0.2) is 11.5 Å². The minimum absolute atomic E-state index is 0.778. The smallest absolute Gasteiger partial charge is 0.164 e. The summed E-state index contributed by atoms with van der Waals surface area (Å²) in [5, 5.41) is 4.48. The zero-order chi connectivity index (χ0) is 12.0. The lowest BCUT2D eigenvalue weighted by Gasteiger charge is -2.11. The van der Waals surface area contributed by atoms with Crippen LogP contribution in [0.3, 0.4) is 0 Å². The van der Waals surface area contributed by atoms with Gasteiger partial charge in [-0.25, -0.2) is 0 Å². The van der Waals surface area contributed by atoms with Crippen molar-refractivity contribution in [2.75, 3.05) is 14.2 Å². The molecule has 0 bridgehead atoms. The Morgan fingerprint density at radius 3 is 2.76 bits per heavy atom. The molecule has 2 aromatic rings. The molecular formula is C13H14N2O2. The van der Waals surface area contributed by atoms with Crippen molar-refractivity contribution in [3.63, 3.8) is 0 Å². The number of nitrogens with zero attached hydrogens (tertiary/aromatic N) is 2. The van der Waals surface area contributed by atoms with Crippen molar-refractivity contribution in [1.82, 2.24) is 9.78 Å². The van der Waals surface area contributed by atoms with Crippen LogP contribution in [0.2, 0.25) is 0 Å². The maximum atomic E-state index is 5.45. The first-order chi connectivity index (χ1) is 8.24. The molecule has 3 rings (SSSR count). The van der Waals surface area contributed by atoms with Gasteiger partial charge < -0.3 is 9.47 Å². The van der Waals surface area contributed by atoms with Gasteiger partial charge in [0.05, 0.1) is 19.9 Å². The fourth-order valence-electron chi connectivity index (χ4n) is 2.47. The monoisotopic (exact) mass is 230 g/mol. The summed E-state index contributed by atoms with van der Waals surface area (Å²) >= 11 is 0. The summed E-state index contributed by atoms with van der Waals surface area (Å²) in [6.45, 7) is 0. The van der Waals surface area contributed by atoms with Crippen molar-refractivity contribution < 1.29 is 9.47 Å². The van der Waals surface area contributed by atoms with E-state index in [4.69, 9.17) is 9.47 Å². The van der Waals surface area contributed by atoms with E-state index < -0.39 is 0 Å². The standard InChI is InChI=1S/C13H14N2O2/c1-15-7-8-6-10-9(12(8)14-15)4-5-11(16-2)13(10)17-3/h4-5,7H,6H2,1-3H3. The molecule has 1 aromatic carbocycles. The van der Waals surface area contributed by atoms with Gasteiger partial charge in [0.1, 0.15) is 0 Å². The van der Waals surface area contributed by atoms with Crippen LogP contribution in [0.4, 0.5) is 0 Å². The Balaban J connectivity index is 2.21. The summed E-state index contributed by atoms with van der Waals surface area (Å²) in [5.41, 5.74) is 4.63. The summed E-state index contributed by atoms with van der Waals surface area (Å²) in [6, 6.07) is 3.98. The van der Waals surface area contributed by atoms with Gasteiger partial charge in [-0.05, 0) is 12.1 Å². The summed E-state index contributed by atoms with van der Waals surface area (Å²) in [7, 11) is 5.28. The largest absolute Gasteiger partial charge is 0.493 e. The van der Waals surface area contributed by atoms with Gasteiger partial charge in [0, 0.05) is 36.4 Å². The topological polar surface area (TPSA) is 36.3 Å². The fourth-order valence-corrected chi connectivity index (χ4v) is 2.47. The van der Waals surface area contributed by atoms with Gasteiger partial charge in [0.2, 0.25) is 0 Å². The van der Waals surface area contributed by atoms with Crippen molar-refractivity contribution in [3.8, 4) is 22.8 Å². The third kappa shape index (κ3) is 1.33. The molecule has 1 aliphatic carbocycles. The third-order valence-electron chi connectivity index (χ3n) is 3.18. The number of ether oxygens (including phenoxy) is 2. The van der Waals surface area contributed by atoms with E-state index in [1.54, 1.807) is 14.2 Å². The van der Waals surface area contributed by atoms with Gasteiger partial charge in [-0.2, -0.15) is 5.10 Å². The van der Waals surface area contributed by atoms with Crippen LogP contribution in [0.25, 0.3) is 11.3 Å². The Hall–Kier alpha value is -1.97. The molecule has 0 radical (unpaired) electrons. The van der Waals surface area contributed by atoms with Gasteiger partial charge in [-0.1, -0.05) is 0 Å². The second-order valence-corrected chi connectivity index (χ2v) is 4.18. The molecule has 0 fully saturated rings. The number of hydrogen-bond acceptors (Lipinski definition) is 3. The highest BCUT2D eigenvalue weighted by molar-refractivity contribution is 5.77. The molecule has 1 aliphatic rings. The van der Waals surface area contributed by atoms with Gasteiger partial charge in [-0.3, -0.25) is 4.68 Å². The Morgan fingerprint density at radius 1 is 1.24 bits per heavy atom. The van der Waals surface area contributed by atoms with Crippen LogP contribution in [0, 0.1) is 0 Å². The molecule has 0 amide bonds. The number of aromatic nitrogens is 2. The first-order valence-corrected chi connectivity index (χ1v) is 5.51. The average Bonchev–Trinajstić information content (AvgIpc) is 2.83. The Labute approximate surface area is 99.8 Å². The third-order valence-corrected chi connectivity index (χ3v) is 3.18. The summed E-state index contributed by atoms with van der Waals surface area (Å²) in [4.78, 5) is 0. The van der Waals surface area contributed by atoms with Crippen LogP contribution >= 0.6 is 0 Å². The maximum Gasteiger partial charge on any atom is 0.164 e. The Bertz CT molecular complexity index is 587. The van der Waals surface area contributed by atoms with Crippen molar-refractivity contribution in [1.29, 1.82) is 0 Å². The number of fused-ring (bicyclic) bond motifs is 3. The SMILES string of the molecule is COc1ccc2c(c1OC)Cc1cn(C)nc1-2. The number of benzene rings is 1. The van der Waals surface area contributed by atoms with E-state index in [1.165, 1.54) is 11.1 Å². The Kier molecular flexibility index (Phi) is 2.11. The van der Waals surface area contributed by atoms with Gasteiger partial charge in [-0.15, -0.1) is 0 Å². The van der Waals surface area contributed by atoms with E-state index in [0.717, 1.165) is 29.2 Å². The molecule has 0 unspecified atom stereocenters. The molecular weight excluding hydrogens is 216 g/mol. The molecule has 0 saturated heterocycles. The average molecular weight is 230 g/mol. The molecule has 4 nitrogen and oxygen atoms in total. The highest BCUT2D eigenvalue weighted by Crippen LogP contribution is 2.44. The van der Waals surface area contributed by atoms with Gasteiger partial charge in [0.25, 0.3) is 0 Å². The number of rotatable bonds is 2. The van der Waals surface area contributed by atoms with Crippen LogP contribution in [0.15, 0.2) is 18.3 Å². The van der Waals surface area contributed by atoms with E-state index >= 15 is 0 Å². The molecule has 0 saturated carbocycles. The molecule has 17 heavy (non-hydrogen) atoms. The van der Waals surface area contributed by atoms with Crippen LogP contribution in [-0.2, 0) is 13.5 Å². The molecule has 0 aliphatic heterocycles. The van der Waals surface area contributed by atoms with Gasteiger partial charge >= 0.3 is 0 Å². The first kappa shape index (κ1) is 10.2. The molecule has 0 atom stereocenters. The minimum atomic E-state index is 0.778. The zero-order valence-electron chi connectivity index (χ0n) is 10.2. The lowest BCUT2D eigenvalue weighted by Crippen LogP contribution is -1.96. The minimum Gasteiger partial charge on any atom is -0.493 e. The summed E-state index contributed by atoms with van der Waals surface area (Å²) in [6.07, 6.45) is 2.92. The predicted molar refractivity (Wildman–Crippen MR) is 64.6 cm³/mol. The van der Waals surface area contributed by atoms with Crippen LogP contribution in [-0.4, -0.2) is 24.0 Å². The van der Waals surface area contributed by atoms with E-state index in [2.05, 4.69) is 17.4 Å². The number of hydrogen-bond donors (Lipinski definition) is 0. The van der Waals surface area contributed by atoms with Crippen molar-refractivity contribution in [2.24, 2.45) is 7.05 Å². The lowest BCUT2D eigenvalue weighted by atomic mass is 10.1. The van der Waals surface area contributed by atoms with Crippen molar-refractivity contribution >= 4 is 0 Å². The molecule has 1 heterocycles. The molecule has 88 valence electrons. The molecule has 0 spiro atoms. The Morgan fingerprint density at radius 2 is 2.06 bits per heavy atom. The van der Waals surface area contributed by atoms with E-state index in [-0.39, 0.29) is 0 Å². The first-order valence-electron chi connectivity index (χ1n) is 5.51. The second-order valence-electron chi connectivity index (χ2n) is 4.18. The lowest BCUT2D eigenvalue weighted by molar-refractivity contribution is 0.352. The summed E-state index contributed by atoms with van der Waals surface area (Å²) in [5.74, 6) is 1.60. The quantitative estimate of drug-likeness (QED) is 0.675. The molecule has 0 N–H and O–H groups in total. The second kappa shape index (κ2) is 3.52. The number of aryl methyl sites for hydroxylation is 1. The zero-order valence-corrected chi connectivity index (χ0v) is 10.2. The summed E-state index contributed by atoms with van der Waals surface area (Å²) < 4.78 is 12.6. The number of methoxy groups -OCH3 is 2. The van der Waals surface area contributed by atoms with Crippen LogP contribution in [0.5, 0.6) is 11.5 Å². The highest BCUT2D eigenvalue weighted by Gasteiger charge is 2.26. The van der Waals surface area contributed by atoms with Crippen molar-refractivity contribution in [3.05, 3.63) is 29.5 Å². The van der Waals surface area contributed by atoms with Crippen LogP contribution < -0.4 is 9.47 Å². The molecule has 4 heteroatoms. The van der Waals surface area contributed by atoms with E-state index in [9.17, 15) is 0 Å². The predicted octanol–water partition coefficient (Wildman–Crippen LogP) is 2.01. The van der Waals surface area contributed by atoms with E-state index in [1.807, 2.05) is 17.8 Å². The fraction of sp³-hybridized carbons (Fsp3) is 0.308. The highest BCUT2D eigenvalue weighted by atomic mass is 16.5. The maximum absolute atomic E-state index is 5.45. The normalized spacial score (nSPS) is 12.2.